The van der Waals surface area contributed by atoms with Gasteiger partial charge in [-0.25, -0.2) is 0 Å². The Kier molecular flexibility index (Phi) is 11.1. The lowest BCUT2D eigenvalue weighted by molar-refractivity contribution is -0.170. The molecule has 0 saturated carbocycles. The first-order valence-corrected chi connectivity index (χ1v) is 12.9. The van der Waals surface area contributed by atoms with Crippen molar-refractivity contribution in [3.8, 4) is 0 Å². The van der Waals surface area contributed by atoms with Gasteiger partial charge in [-0.15, -0.1) is 23.2 Å². The van der Waals surface area contributed by atoms with Crippen LogP contribution in [0.15, 0.2) is 36.5 Å². The lowest BCUT2D eigenvalue weighted by Crippen LogP contribution is -2.74. The van der Waals surface area contributed by atoms with E-state index in [-0.39, 0.29) is 41.7 Å². The molecule has 2 rings (SSSR count). The van der Waals surface area contributed by atoms with Crippen LogP contribution in [0.2, 0.25) is 0 Å². The number of aldehydes is 1. The molecule has 13 heteroatoms. The molecule has 1 aliphatic rings. The minimum atomic E-state index is -3.08. The summed E-state index contributed by atoms with van der Waals surface area (Å²) < 4.78 is 0. The van der Waals surface area contributed by atoms with Crippen LogP contribution in [-0.2, 0) is 24.0 Å². The Balaban J connectivity index is 2.82. The molecule has 0 aliphatic carbocycles. The average molecular weight is 570 g/mol. The maximum Gasteiger partial charge on any atom is 0.249 e. The number of nitrogens with zero attached hydrogens (tertiary/aromatic N) is 1. The second kappa shape index (κ2) is 13.4. The van der Waals surface area contributed by atoms with Gasteiger partial charge in [-0.2, -0.15) is 0 Å². The molecule has 0 aromatic heterocycles. The zero-order valence-electron chi connectivity index (χ0n) is 21.1. The second-order valence-electron chi connectivity index (χ2n) is 8.91. The number of imide groups is 1. The molecule has 3 unspecified atom stereocenters. The van der Waals surface area contributed by atoms with Crippen LogP contribution in [0.3, 0.4) is 0 Å². The summed E-state index contributed by atoms with van der Waals surface area (Å²) >= 11 is 12.5. The van der Waals surface area contributed by atoms with Gasteiger partial charge in [0.2, 0.25) is 11.8 Å². The van der Waals surface area contributed by atoms with E-state index < -0.39 is 63.9 Å². The molecule has 2 amide bonds. The Morgan fingerprint density at radius 2 is 1.71 bits per heavy atom. The van der Waals surface area contributed by atoms with Gasteiger partial charge in [0.05, 0.1) is 22.8 Å². The van der Waals surface area contributed by atoms with Gasteiger partial charge in [0.25, 0.3) is 0 Å². The number of aliphatic hydroxyl groups is 1. The largest absolute Gasteiger partial charge is 0.404 e. The fourth-order valence-corrected chi connectivity index (χ4v) is 4.68. The first-order chi connectivity index (χ1) is 17.9. The van der Waals surface area contributed by atoms with E-state index in [4.69, 9.17) is 40.4 Å². The van der Waals surface area contributed by atoms with Gasteiger partial charge in [0.1, 0.15) is 6.04 Å². The molecule has 11 nitrogen and oxygen atoms in total. The van der Waals surface area contributed by atoms with Crippen molar-refractivity contribution >= 4 is 58.4 Å². The van der Waals surface area contributed by atoms with Gasteiger partial charge in [-0.1, -0.05) is 44.2 Å². The summed E-state index contributed by atoms with van der Waals surface area (Å²) in [7, 11) is 0. The molecule has 7 atom stereocenters. The summed E-state index contributed by atoms with van der Waals surface area (Å²) in [5.41, 5.74) is 14.5. The molecule has 1 aromatic rings. The van der Waals surface area contributed by atoms with Crippen molar-refractivity contribution in [1.29, 1.82) is 0 Å². The number of amides is 2. The predicted molar refractivity (Wildman–Crippen MR) is 143 cm³/mol. The van der Waals surface area contributed by atoms with Crippen molar-refractivity contribution in [3.05, 3.63) is 42.1 Å². The van der Waals surface area contributed by atoms with Crippen molar-refractivity contribution in [1.82, 2.24) is 10.2 Å². The van der Waals surface area contributed by atoms with E-state index in [0.29, 0.717) is 0 Å². The fourth-order valence-electron chi connectivity index (χ4n) is 4.16. The Hall–Kier alpha value is -2.67. The quantitative estimate of drug-likeness (QED) is 0.0939. The lowest BCUT2D eigenvalue weighted by atomic mass is 9.78. The predicted octanol–water partition coefficient (Wildman–Crippen LogP) is -0.561. The van der Waals surface area contributed by atoms with Gasteiger partial charge in [-0.05, 0) is 18.4 Å². The molecule has 0 radical (unpaired) electrons. The van der Waals surface area contributed by atoms with Crippen molar-refractivity contribution in [3.63, 3.8) is 0 Å². The van der Waals surface area contributed by atoms with E-state index in [1.807, 2.05) is 0 Å². The Morgan fingerprint density at radius 1 is 1.13 bits per heavy atom. The smallest absolute Gasteiger partial charge is 0.249 e. The normalized spacial score (nSPS) is 23.6. The number of aliphatic hydroxyl groups excluding tert-OH is 1. The van der Waals surface area contributed by atoms with Crippen molar-refractivity contribution in [2.75, 3.05) is 6.54 Å². The van der Waals surface area contributed by atoms with E-state index in [1.165, 1.54) is 26.0 Å². The molecular formula is C25H33Cl2N5O6. The fraction of sp³-hybridized carbons (Fsp3) is 0.480. The molecule has 208 valence electrons. The highest BCUT2D eigenvalue weighted by atomic mass is 35.5. The molecule has 1 heterocycles. The zero-order valence-corrected chi connectivity index (χ0v) is 22.6. The number of nitrogens with one attached hydrogen (secondary N) is 1. The highest BCUT2D eigenvalue weighted by molar-refractivity contribution is 6.33. The standard InChI is InChI=1S/C25H33Cl2N5O6/c1-3-16(29)21(35)25(12-33,22(36)20(34)14(10-28)13-8-6-5-7-9-13)32(23(37)17(30)4-2)24(38)19-18(27)15(26)11-31-19/h5-10,12,15-19,22,31,36H,3-4,11,28-30H2,1-2H3/t15-,16?,17?,18?,19+,22-,25+/m1/s1. The molecule has 1 saturated heterocycles. The molecule has 1 aromatic carbocycles. The SMILES string of the molecule is CCC(N)C(=O)N(C(=O)[C@H]1NC[C@@H](Cl)C1Cl)[C@@](C=O)(C(=O)C(N)CC)[C@H](O)C(=O)C(=CN)c1ccccc1. The minimum Gasteiger partial charge on any atom is -0.404 e. The monoisotopic (exact) mass is 569 g/mol. The molecule has 8 N–H and O–H groups in total. The van der Waals surface area contributed by atoms with E-state index in [1.54, 1.807) is 18.2 Å². The number of hydrogen-bond donors (Lipinski definition) is 5. The number of carbonyl (C=O) groups excluding carboxylic acids is 5. The minimum absolute atomic E-state index is 0.00584. The van der Waals surface area contributed by atoms with Gasteiger partial charge in [0.15, 0.2) is 29.5 Å². The van der Waals surface area contributed by atoms with Gasteiger partial charge >= 0.3 is 0 Å². The number of carbonyl (C=O) groups is 5. The highest BCUT2D eigenvalue weighted by Crippen LogP contribution is 2.31. The number of halogens is 2. The average Bonchev–Trinajstić information content (AvgIpc) is 3.27. The van der Waals surface area contributed by atoms with E-state index in [0.717, 1.165) is 6.20 Å². The highest BCUT2D eigenvalue weighted by Gasteiger charge is 2.60. The van der Waals surface area contributed by atoms with Gasteiger partial charge in [-0.3, -0.25) is 24.1 Å². The van der Waals surface area contributed by atoms with E-state index >= 15 is 0 Å². The van der Waals surface area contributed by atoms with E-state index in [9.17, 15) is 29.1 Å². The second-order valence-corrected chi connectivity index (χ2v) is 9.97. The summed E-state index contributed by atoms with van der Waals surface area (Å²) in [6, 6.07) is 3.70. The van der Waals surface area contributed by atoms with Crippen LogP contribution in [0.5, 0.6) is 0 Å². The summed E-state index contributed by atoms with van der Waals surface area (Å²) in [4.78, 5) is 67.9. The molecular weight excluding hydrogens is 537 g/mol. The summed E-state index contributed by atoms with van der Waals surface area (Å²) in [5.74, 6) is -4.79. The number of alkyl halides is 2. The van der Waals surface area contributed by atoms with Crippen molar-refractivity contribution in [2.24, 2.45) is 17.2 Å². The van der Waals surface area contributed by atoms with Crippen LogP contribution in [-0.4, -0.2) is 86.7 Å². The number of ketones is 2. The number of Topliss-reactive ketones (excluding diaryl/α,β-unsaturated/α-hetero) is 2. The van der Waals surface area contributed by atoms with Gasteiger partial charge in [0, 0.05) is 18.3 Å². The molecule has 0 bridgehead atoms. The van der Waals surface area contributed by atoms with Crippen LogP contribution in [0.4, 0.5) is 0 Å². The molecule has 0 spiro atoms. The topological polar surface area (TPSA) is 199 Å². The third kappa shape index (κ3) is 5.83. The Bertz CT molecular complexity index is 1090. The number of benzene rings is 1. The summed E-state index contributed by atoms with van der Waals surface area (Å²) in [5, 5.41) is 12.4. The maximum absolute atomic E-state index is 13.9. The summed E-state index contributed by atoms with van der Waals surface area (Å²) in [6.45, 7) is 3.12. The molecule has 1 fully saturated rings. The van der Waals surface area contributed by atoms with Gasteiger partial charge < -0.3 is 32.4 Å². The molecule has 1 aliphatic heterocycles. The third-order valence-electron chi connectivity index (χ3n) is 6.56. The first kappa shape index (κ1) is 31.5. The first-order valence-electron chi connectivity index (χ1n) is 12.0. The van der Waals surface area contributed by atoms with Crippen LogP contribution < -0.4 is 22.5 Å². The summed E-state index contributed by atoms with van der Waals surface area (Å²) in [6.07, 6.45) is -1.88. The molecule has 38 heavy (non-hydrogen) atoms. The number of hydrogen-bond acceptors (Lipinski definition) is 10. The van der Waals surface area contributed by atoms with Crippen LogP contribution in [0.1, 0.15) is 32.3 Å². The van der Waals surface area contributed by atoms with Crippen LogP contribution >= 0.6 is 23.2 Å². The van der Waals surface area contributed by atoms with Crippen LogP contribution in [0.25, 0.3) is 5.57 Å². The Labute approximate surface area is 230 Å². The van der Waals surface area contributed by atoms with Crippen LogP contribution in [0, 0.1) is 0 Å². The number of nitrogens with two attached hydrogens (primary N) is 3. The van der Waals surface area contributed by atoms with Crippen molar-refractivity contribution < 1.29 is 29.1 Å². The zero-order chi connectivity index (χ0) is 28.8. The van der Waals surface area contributed by atoms with Crippen molar-refractivity contribution in [2.45, 2.75) is 67.2 Å². The lowest BCUT2D eigenvalue weighted by Gasteiger charge is -2.43. The Morgan fingerprint density at radius 3 is 2.16 bits per heavy atom. The maximum atomic E-state index is 13.9. The van der Waals surface area contributed by atoms with E-state index in [2.05, 4.69) is 5.32 Å². The third-order valence-corrected chi connectivity index (χ3v) is 7.67. The number of rotatable bonds is 12.